The van der Waals surface area contributed by atoms with Crippen molar-refractivity contribution in [3.63, 3.8) is 0 Å². The summed E-state index contributed by atoms with van der Waals surface area (Å²) >= 11 is 0. The van der Waals surface area contributed by atoms with Crippen LogP contribution in [0.25, 0.3) is 0 Å². The van der Waals surface area contributed by atoms with E-state index in [0.717, 1.165) is 25.7 Å². The van der Waals surface area contributed by atoms with Crippen LogP contribution in [-0.4, -0.2) is 11.1 Å². The lowest BCUT2D eigenvalue weighted by Crippen LogP contribution is -2.40. The standard InChI is InChI=1S/C11H21NO/c1-4-7-10(12)11(5-2,6-3)8-9-13/h10,13H,4-7,12H2,1-3H3. The van der Waals surface area contributed by atoms with Gasteiger partial charge in [-0.1, -0.05) is 33.1 Å². The van der Waals surface area contributed by atoms with E-state index in [0.29, 0.717) is 0 Å². The molecular formula is C11H21NO. The van der Waals surface area contributed by atoms with Gasteiger partial charge in [0.05, 0.1) is 0 Å². The molecule has 1 atom stereocenters. The molecule has 0 saturated carbocycles. The maximum atomic E-state index is 8.66. The summed E-state index contributed by atoms with van der Waals surface area (Å²) in [5, 5.41) is 8.66. The van der Waals surface area contributed by atoms with Gasteiger partial charge in [0.25, 0.3) is 0 Å². The summed E-state index contributed by atoms with van der Waals surface area (Å²) in [5.74, 6) is 2.86. The number of hydrogen-bond acceptors (Lipinski definition) is 2. The number of rotatable bonds is 5. The van der Waals surface area contributed by atoms with E-state index < -0.39 is 0 Å². The fraction of sp³-hybridized carbons (Fsp3) is 0.818. The molecule has 0 spiro atoms. The van der Waals surface area contributed by atoms with Gasteiger partial charge >= 0.3 is 0 Å². The first kappa shape index (κ1) is 12.3. The van der Waals surface area contributed by atoms with Gasteiger partial charge < -0.3 is 10.8 Å². The van der Waals surface area contributed by atoms with Crippen LogP contribution >= 0.6 is 0 Å². The summed E-state index contributed by atoms with van der Waals surface area (Å²) < 4.78 is 0. The van der Waals surface area contributed by atoms with Gasteiger partial charge in [-0.25, -0.2) is 0 Å². The third kappa shape index (κ3) is 2.93. The largest absolute Gasteiger partial charge is 0.462 e. The molecule has 0 heterocycles. The van der Waals surface area contributed by atoms with Crippen LogP contribution in [0.3, 0.4) is 0 Å². The molecule has 0 bridgehead atoms. The topological polar surface area (TPSA) is 46.2 Å². The van der Waals surface area contributed by atoms with E-state index in [1.54, 1.807) is 0 Å². The van der Waals surface area contributed by atoms with Crippen LogP contribution in [0.5, 0.6) is 0 Å². The first-order chi connectivity index (χ1) is 6.16. The van der Waals surface area contributed by atoms with E-state index in [1.165, 1.54) is 0 Å². The molecule has 3 N–H and O–H groups in total. The first-order valence-corrected chi connectivity index (χ1v) is 5.08. The third-order valence-corrected chi connectivity index (χ3v) is 2.88. The highest BCUT2D eigenvalue weighted by Gasteiger charge is 2.30. The molecule has 0 aliphatic rings. The van der Waals surface area contributed by atoms with Crippen LogP contribution in [0.15, 0.2) is 0 Å². The fourth-order valence-electron chi connectivity index (χ4n) is 1.74. The molecular weight excluding hydrogens is 162 g/mol. The molecule has 2 nitrogen and oxygen atoms in total. The average Bonchev–Trinajstić information content (AvgIpc) is 2.14. The van der Waals surface area contributed by atoms with Crippen molar-refractivity contribution < 1.29 is 5.11 Å². The van der Waals surface area contributed by atoms with Gasteiger partial charge in [0.2, 0.25) is 0 Å². The van der Waals surface area contributed by atoms with Crippen molar-refractivity contribution >= 4 is 0 Å². The van der Waals surface area contributed by atoms with Crippen molar-refractivity contribution in [2.75, 3.05) is 0 Å². The molecule has 0 aromatic carbocycles. The minimum Gasteiger partial charge on any atom is -0.462 e. The van der Waals surface area contributed by atoms with Gasteiger partial charge in [-0.2, -0.15) is 0 Å². The average molecular weight is 183 g/mol. The quantitative estimate of drug-likeness (QED) is 0.642. The van der Waals surface area contributed by atoms with Gasteiger partial charge in [-0.15, -0.1) is 0 Å². The lowest BCUT2D eigenvalue weighted by molar-refractivity contribution is 0.277. The highest BCUT2D eigenvalue weighted by molar-refractivity contribution is 5.11. The van der Waals surface area contributed by atoms with Crippen molar-refractivity contribution in [2.24, 2.45) is 11.1 Å². The minimum absolute atomic E-state index is 0.0761. The lowest BCUT2D eigenvalue weighted by atomic mass is 9.75. The molecule has 0 rings (SSSR count). The van der Waals surface area contributed by atoms with Gasteiger partial charge in [-0.05, 0) is 19.3 Å². The number of aliphatic hydroxyl groups excluding tert-OH is 1. The van der Waals surface area contributed by atoms with E-state index in [2.05, 4.69) is 26.7 Å². The highest BCUT2D eigenvalue weighted by atomic mass is 16.2. The van der Waals surface area contributed by atoms with Crippen molar-refractivity contribution in [1.82, 2.24) is 0 Å². The van der Waals surface area contributed by atoms with Gasteiger partial charge in [0.1, 0.15) is 6.11 Å². The molecule has 2 heteroatoms. The van der Waals surface area contributed by atoms with Gasteiger partial charge in [0, 0.05) is 11.5 Å². The number of aliphatic hydroxyl groups is 1. The Morgan fingerprint density at radius 2 is 1.85 bits per heavy atom. The maximum absolute atomic E-state index is 8.66. The summed E-state index contributed by atoms with van der Waals surface area (Å²) in [4.78, 5) is 0. The second-order valence-electron chi connectivity index (χ2n) is 3.50. The Kier molecular flexibility index (Phi) is 5.57. The predicted octanol–water partition coefficient (Wildman–Crippen LogP) is 2.25. The van der Waals surface area contributed by atoms with Crippen LogP contribution in [0, 0.1) is 17.4 Å². The third-order valence-electron chi connectivity index (χ3n) is 2.88. The van der Waals surface area contributed by atoms with E-state index in [-0.39, 0.29) is 11.5 Å². The van der Waals surface area contributed by atoms with Crippen LogP contribution in [-0.2, 0) is 0 Å². The van der Waals surface area contributed by atoms with Crippen LogP contribution < -0.4 is 5.73 Å². The minimum atomic E-state index is -0.190. The SMILES string of the molecule is CCCC(N)C(C#CO)(CC)CC. The molecule has 0 aromatic heterocycles. The Hall–Kier alpha value is -0.680. The maximum Gasteiger partial charge on any atom is 0.108 e. The Labute approximate surface area is 81.5 Å². The summed E-state index contributed by atoms with van der Waals surface area (Å²) in [6.07, 6.45) is 5.86. The zero-order valence-electron chi connectivity index (χ0n) is 8.93. The van der Waals surface area contributed by atoms with Crippen LogP contribution in [0.4, 0.5) is 0 Å². The molecule has 13 heavy (non-hydrogen) atoms. The Balaban J connectivity index is 4.60. The molecule has 1 unspecified atom stereocenters. The smallest absolute Gasteiger partial charge is 0.108 e. The summed E-state index contributed by atoms with van der Waals surface area (Å²) in [6.45, 7) is 6.26. The second kappa shape index (κ2) is 5.88. The second-order valence-corrected chi connectivity index (χ2v) is 3.50. The van der Waals surface area contributed by atoms with Gasteiger partial charge in [0.15, 0.2) is 0 Å². The van der Waals surface area contributed by atoms with E-state index in [1.807, 2.05) is 6.11 Å². The number of hydrogen-bond donors (Lipinski definition) is 2. The van der Waals surface area contributed by atoms with E-state index >= 15 is 0 Å². The zero-order valence-corrected chi connectivity index (χ0v) is 8.93. The van der Waals surface area contributed by atoms with E-state index in [4.69, 9.17) is 10.8 Å². The Morgan fingerprint density at radius 1 is 1.31 bits per heavy atom. The summed E-state index contributed by atoms with van der Waals surface area (Å²) in [6, 6.07) is 0.0761. The predicted molar refractivity (Wildman–Crippen MR) is 55.6 cm³/mol. The van der Waals surface area contributed by atoms with Crippen molar-refractivity contribution in [1.29, 1.82) is 0 Å². The Bertz CT molecular complexity index is 186. The molecule has 0 amide bonds. The molecule has 0 aromatic rings. The highest BCUT2D eigenvalue weighted by Crippen LogP contribution is 2.30. The molecule has 0 aliphatic carbocycles. The molecule has 0 aliphatic heterocycles. The fourth-order valence-corrected chi connectivity index (χ4v) is 1.74. The van der Waals surface area contributed by atoms with Crippen molar-refractivity contribution in [3.8, 4) is 12.0 Å². The van der Waals surface area contributed by atoms with Crippen LogP contribution in [0.2, 0.25) is 0 Å². The molecule has 0 radical (unpaired) electrons. The first-order valence-electron chi connectivity index (χ1n) is 5.08. The summed E-state index contributed by atoms with van der Waals surface area (Å²) in [5.41, 5.74) is 5.87. The van der Waals surface area contributed by atoms with Crippen LogP contribution in [0.1, 0.15) is 46.5 Å². The zero-order chi connectivity index (χ0) is 10.3. The van der Waals surface area contributed by atoms with Crippen molar-refractivity contribution in [3.05, 3.63) is 0 Å². The number of nitrogens with two attached hydrogens (primary N) is 1. The molecule has 0 fully saturated rings. The molecule has 0 saturated heterocycles. The monoisotopic (exact) mass is 183 g/mol. The van der Waals surface area contributed by atoms with E-state index in [9.17, 15) is 0 Å². The van der Waals surface area contributed by atoms with Crippen molar-refractivity contribution in [2.45, 2.75) is 52.5 Å². The molecule has 76 valence electrons. The normalized spacial score (nSPS) is 13.2. The summed E-state index contributed by atoms with van der Waals surface area (Å²) in [7, 11) is 0. The van der Waals surface area contributed by atoms with Gasteiger partial charge in [-0.3, -0.25) is 0 Å². The lowest BCUT2D eigenvalue weighted by Gasteiger charge is -2.31. The Morgan fingerprint density at radius 3 is 2.15 bits per heavy atom.